The van der Waals surface area contributed by atoms with Crippen molar-refractivity contribution >= 4 is 15.8 Å². The van der Waals surface area contributed by atoms with Crippen LogP contribution in [0.15, 0.2) is 35.3 Å². The predicted molar refractivity (Wildman–Crippen MR) is 88.1 cm³/mol. The third-order valence-corrected chi connectivity index (χ3v) is 5.35. The molecule has 0 bridgehead atoms. The summed E-state index contributed by atoms with van der Waals surface area (Å²) in [5.41, 5.74) is 0. The highest BCUT2D eigenvalue weighted by molar-refractivity contribution is 7.91. The van der Waals surface area contributed by atoms with Crippen molar-refractivity contribution < 1.29 is 13.2 Å². The topological polar surface area (TPSA) is 79.8 Å². The maximum Gasteiger partial charge on any atom is 0.191 e. The van der Waals surface area contributed by atoms with Gasteiger partial charge in [-0.25, -0.2) is 8.42 Å². The lowest BCUT2D eigenvalue weighted by molar-refractivity contribution is 0.322. The minimum Gasteiger partial charge on any atom is -0.492 e. The van der Waals surface area contributed by atoms with Gasteiger partial charge in [-0.15, -0.1) is 0 Å². The van der Waals surface area contributed by atoms with Gasteiger partial charge in [0.1, 0.15) is 12.4 Å². The van der Waals surface area contributed by atoms with E-state index in [4.69, 9.17) is 4.74 Å². The molecule has 22 heavy (non-hydrogen) atoms. The van der Waals surface area contributed by atoms with Crippen LogP contribution in [0.3, 0.4) is 0 Å². The molecule has 1 aromatic rings. The molecular weight excluding hydrogens is 302 g/mol. The van der Waals surface area contributed by atoms with Gasteiger partial charge in [0.25, 0.3) is 0 Å². The summed E-state index contributed by atoms with van der Waals surface area (Å²) in [6.07, 6.45) is 0.726. The summed E-state index contributed by atoms with van der Waals surface area (Å²) in [6, 6.07) is 9.62. The summed E-state index contributed by atoms with van der Waals surface area (Å²) in [4.78, 5) is 4.12. The van der Waals surface area contributed by atoms with Crippen LogP contribution in [0, 0.1) is 5.92 Å². The molecule has 7 heteroatoms. The van der Waals surface area contributed by atoms with Crippen LogP contribution in [-0.2, 0) is 9.84 Å². The minimum absolute atomic E-state index is 0.170. The molecule has 0 radical (unpaired) electrons. The van der Waals surface area contributed by atoms with Gasteiger partial charge in [0.05, 0.1) is 18.1 Å². The van der Waals surface area contributed by atoms with Crippen LogP contribution in [-0.4, -0.2) is 52.6 Å². The van der Waals surface area contributed by atoms with Gasteiger partial charge in [0.2, 0.25) is 0 Å². The second-order valence-electron chi connectivity index (χ2n) is 5.31. The standard InChI is InChI=1S/C15H23N3O3S/c1-16-15(18-11-13-7-10-22(19,20)12-13)17-8-9-21-14-5-3-2-4-6-14/h2-6,13H,7-12H2,1H3,(H2,16,17,18). The highest BCUT2D eigenvalue weighted by Gasteiger charge is 2.27. The van der Waals surface area contributed by atoms with Crippen molar-refractivity contribution in [3.05, 3.63) is 30.3 Å². The smallest absolute Gasteiger partial charge is 0.191 e. The van der Waals surface area contributed by atoms with Crippen LogP contribution >= 0.6 is 0 Å². The van der Waals surface area contributed by atoms with Gasteiger partial charge in [-0.05, 0) is 24.5 Å². The number of rotatable bonds is 6. The molecule has 1 aliphatic heterocycles. The lowest BCUT2D eigenvalue weighted by Gasteiger charge is -2.14. The number of nitrogens with zero attached hydrogens (tertiary/aromatic N) is 1. The first-order valence-electron chi connectivity index (χ1n) is 7.42. The Hall–Kier alpha value is -1.76. The summed E-state index contributed by atoms with van der Waals surface area (Å²) in [7, 11) is -1.13. The van der Waals surface area contributed by atoms with E-state index in [1.54, 1.807) is 7.05 Å². The molecule has 6 nitrogen and oxygen atoms in total. The third-order valence-electron chi connectivity index (χ3n) is 3.51. The van der Waals surface area contributed by atoms with Gasteiger partial charge in [0, 0.05) is 13.6 Å². The van der Waals surface area contributed by atoms with Gasteiger partial charge in [0.15, 0.2) is 15.8 Å². The molecule has 0 aliphatic carbocycles. The van der Waals surface area contributed by atoms with Gasteiger partial charge >= 0.3 is 0 Å². The molecule has 1 atom stereocenters. The van der Waals surface area contributed by atoms with E-state index in [0.29, 0.717) is 31.4 Å². The molecule has 2 rings (SSSR count). The Balaban J connectivity index is 1.63. The first kappa shape index (κ1) is 16.6. The Morgan fingerprint density at radius 2 is 2.09 bits per heavy atom. The van der Waals surface area contributed by atoms with Crippen LogP contribution < -0.4 is 15.4 Å². The molecule has 0 spiro atoms. The zero-order valence-electron chi connectivity index (χ0n) is 12.8. The van der Waals surface area contributed by atoms with E-state index in [1.165, 1.54) is 0 Å². The number of nitrogens with one attached hydrogen (secondary N) is 2. The average molecular weight is 325 g/mol. The molecule has 1 aliphatic rings. The van der Waals surface area contributed by atoms with Crippen molar-refractivity contribution in [2.75, 3.05) is 38.2 Å². The summed E-state index contributed by atoms with van der Waals surface area (Å²) in [5, 5.41) is 6.32. The number of aliphatic imine (C=N–C) groups is 1. The summed E-state index contributed by atoms with van der Waals surface area (Å²) < 4.78 is 28.4. The van der Waals surface area contributed by atoms with E-state index < -0.39 is 9.84 Å². The Bertz CT molecular complexity index is 587. The minimum atomic E-state index is -2.82. The number of ether oxygens (including phenoxy) is 1. The first-order chi connectivity index (χ1) is 10.6. The van der Waals surface area contributed by atoms with Crippen LogP contribution in [0.5, 0.6) is 5.75 Å². The van der Waals surface area contributed by atoms with Gasteiger partial charge in [-0.1, -0.05) is 18.2 Å². The van der Waals surface area contributed by atoms with Crippen molar-refractivity contribution in [3.63, 3.8) is 0 Å². The molecule has 122 valence electrons. The molecule has 1 saturated heterocycles. The third kappa shape index (κ3) is 5.55. The Morgan fingerprint density at radius 1 is 1.32 bits per heavy atom. The fourth-order valence-corrected chi connectivity index (χ4v) is 4.21. The fraction of sp³-hybridized carbons (Fsp3) is 0.533. The monoisotopic (exact) mass is 325 g/mol. The fourth-order valence-electron chi connectivity index (χ4n) is 2.35. The molecule has 0 saturated carbocycles. The van der Waals surface area contributed by atoms with Gasteiger partial charge < -0.3 is 15.4 Å². The van der Waals surface area contributed by atoms with E-state index in [2.05, 4.69) is 15.6 Å². The van der Waals surface area contributed by atoms with E-state index >= 15 is 0 Å². The summed E-state index contributed by atoms with van der Waals surface area (Å²) in [5.74, 6) is 2.25. The second kappa shape index (κ2) is 8.03. The van der Waals surface area contributed by atoms with Crippen molar-refractivity contribution in [1.29, 1.82) is 0 Å². The molecule has 1 unspecified atom stereocenters. The molecule has 0 aromatic heterocycles. The average Bonchev–Trinajstić information content (AvgIpc) is 2.87. The number of hydrogen-bond acceptors (Lipinski definition) is 4. The second-order valence-corrected chi connectivity index (χ2v) is 7.54. The van der Waals surface area contributed by atoms with E-state index in [1.807, 2.05) is 30.3 Å². The zero-order chi connectivity index (χ0) is 15.8. The lowest BCUT2D eigenvalue weighted by Crippen LogP contribution is -2.41. The van der Waals surface area contributed by atoms with Gasteiger partial charge in [-0.3, -0.25) is 4.99 Å². The maximum atomic E-state index is 11.4. The molecular formula is C15H23N3O3S. The molecule has 0 amide bonds. The number of para-hydroxylation sites is 1. The number of benzene rings is 1. The van der Waals surface area contributed by atoms with Crippen molar-refractivity contribution in [2.24, 2.45) is 10.9 Å². The highest BCUT2D eigenvalue weighted by atomic mass is 32.2. The predicted octanol–water partition coefficient (Wildman–Crippen LogP) is 0.665. The maximum absolute atomic E-state index is 11.4. The van der Waals surface area contributed by atoms with E-state index in [0.717, 1.165) is 12.2 Å². The van der Waals surface area contributed by atoms with Crippen LogP contribution in [0.2, 0.25) is 0 Å². The lowest BCUT2D eigenvalue weighted by atomic mass is 10.1. The molecule has 1 fully saturated rings. The molecule has 1 heterocycles. The SMILES string of the molecule is CN=C(NCCOc1ccccc1)NCC1CCS(=O)(=O)C1. The Kier molecular flexibility index (Phi) is 6.06. The van der Waals surface area contributed by atoms with Crippen molar-refractivity contribution in [3.8, 4) is 5.75 Å². The Morgan fingerprint density at radius 3 is 2.73 bits per heavy atom. The van der Waals surface area contributed by atoms with Gasteiger partial charge in [-0.2, -0.15) is 0 Å². The van der Waals surface area contributed by atoms with Crippen molar-refractivity contribution in [1.82, 2.24) is 10.6 Å². The molecule has 1 aromatic carbocycles. The summed E-state index contributed by atoms with van der Waals surface area (Å²) in [6.45, 7) is 1.78. The Labute approximate surface area is 131 Å². The van der Waals surface area contributed by atoms with Crippen LogP contribution in [0.4, 0.5) is 0 Å². The van der Waals surface area contributed by atoms with E-state index in [9.17, 15) is 8.42 Å². The normalized spacial score (nSPS) is 20.6. The zero-order valence-corrected chi connectivity index (χ0v) is 13.6. The van der Waals surface area contributed by atoms with E-state index in [-0.39, 0.29) is 11.7 Å². The number of sulfone groups is 1. The van der Waals surface area contributed by atoms with Crippen molar-refractivity contribution in [2.45, 2.75) is 6.42 Å². The van der Waals surface area contributed by atoms with Crippen LogP contribution in [0.25, 0.3) is 0 Å². The van der Waals surface area contributed by atoms with Crippen LogP contribution in [0.1, 0.15) is 6.42 Å². The summed E-state index contributed by atoms with van der Waals surface area (Å²) >= 11 is 0. The molecule has 2 N–H and O–H groups in total. The first-order valence-corrected chi connectivity index (χ1v) is 9.24. The largest absolute Gasteiger partial charge is 0.492 e. The highest BCUT2D eigenvalue weighted by Crippen LogP contribution is 2.17. The number of guanidine groups is 1. The quantitative estimate of drug-likeness (QED) is 0.456. The number of hydrogen-bond donors (Lipinski definition) is 2.